The molecule has 1 saturated carbocycles. The number of aromatic amines is 1. The van der Waals surface area contributed by atoms with Gasteiger partial charge in [-0.3, -0.25) is 4.57 Å². The Morgan fingerprint density at radius 1 is 1.50 bits per heavy atom. The zero-order chi connectivity index (χ0) is 13.1. The van der Waals surface area contributed by atoms with Gasteiger partial charge in [0.2, 0.25) is 0 Å². The van der Waals surface area contributed by atoms with E-state index in [0.29, 0.717) is 11.0 Å². The van der Waals surface area contributed by atoms with Gasteiger partial charge >= 0.3 is 11.7 Å². The largest absolute Gasteiger partial charge is 0.478 e. The molecule has 18 heavy (non-hydrogen) atoms. The van der Waals surface area contributed by atoms with Gasteiger partial charge in [-0.15, -0.1) is 0 Å². The molecule has 0 bridgehead atoms. The standard InChI is InChI=1S/C13H14N2O3/c1-13(2)6-10(13)15-9-5-7(11(16)17)3-4-8(9)14-12(15)18/h3-5,10H,6H2,1-2H3,(H,14,18)(H,16,17). The quantitative estimate of drug-likeness (QED) is 0.851. The minimum Gasteiger partial charge on any atom is -0.478 e. The maximum Gasteiger partial charge on any atom is 0.335 e. The number of imidazole rings is 1. The molecule has 1 aromatic heterocycles. The van der Waals surface area contributed by atoms with Crippen LogP contribution in [0.1, 0.15) is 36.7 Å². The molecule has 1 atom stereocenters. The van der Waals surface area contributed by atoms with Crippen molar-refractivity contribution in [1.29, 1.82) is 0 Å². The smallest absolute Gasteiger partial charge is 0.335 e. The van der Waals surface area contributed by atoms with Gasteiger partial charge < -0.3 is 10.1 Å². The highest BCUT2D eigenvalue weighted by Gasteiger charge is 2.48. The normalized spacial score (nSPS) is 21.1. The summed E-state index contributed by atoms with van der Waals surface area (Å²) in [5, 5.41) is 9.00. The lowest BCUT2D eigenvalue weighted by Crippen LogP contribution is -2.17. The van der Waals surface area contributed by atoms with E-state index in [1.165, 1.54) is 6.07 Å². The molecule has 0 radical (unpaired) electrons. The summed E-state index contributed by atoms with van der Waals surface area (Å²) in [4.78, 5) is 25.7. The van der Waals surface area contributed by atoms with Crippen LogP contribution >= 0.6 is 0 Å². The molecule has 1 unspecified atom stereocenters. The van der Waals surface area contributed by atoms with Crippen molar-refractivity contribution in [2.24, 2.45) is 5.41 Å². The third-order valence-corrected chi connectivity index (χ3v) is 3.74. The summed E-state index contributed by atoms with van der Waals surface area (Å²) < 4.78 is 1.68. The zero-order valence-corrected chi connectivity index (χ0v) is 10.2. The molecule has 0 saturated heterocycles. The second kappa shape index (κ2) is 3.25. The van der Waals surface area contributed by atoms with Gasteiger partial charge in [-0.05, 0) is 30.0 Å². The number of carbonyl (C=O) groups is 1. The number of rotatable bonds is 2. The first-order valence-electron chi connectivity index (χ1n) is 5.88. The van der Waals surface area contributed by atoms with Crippen molar-refractivity contribution in [3.05, 3.63) is 34.2 Å². The number of fused-ring (bicyclic) bond motifs is 1. The van der Waals surface area contributed by atoms with E-state index in [4.69, 9.17) is 5.11 Å². The van der Waals surface area contributed by atoms with Crippen LogP contribution in [0, 0.1) is 5.41 Å². The number of hydrogen-bond acceptors (Lipinski definition) is 2. The number of carboxylic acid groups (broad SMARTS) is 1. The lowest BCUT2D eigenvalue weighted by atomic mass is 10.1. The molecular weight excluding hydrogens is 232 g/mol. The van der Waals surface area contributed by atoms with Gasteiger partial charge in [-0.2, -0.15) is 0 Å². The third kappa shape index (κ3) is 1.47. The fourth-order valence-corrected chi connectivity index (χ4v) is 2.44. The Morgan fingerprint density at radius 2 is 2.17 bits per heavy atom. The maximum atomic E-state index is 11.9. The summed E-state index contributed by atoms with van der Waals surface area (Å²) >= 11 is 0. The fraction of sp³-hybridized carbons (Fsp3) is 0.385. The van der Waals surface area contributed by atoms with Gasteiger partial charge in [0.1, 0.15) is 0 Å². The predicted octanol–water partition coefficient (Wildman–Crippen LogP) is 2.00. The molecule has 1 aliphatic rings. The molecule has 5 nitrogen and oxygen atoms in total. The number of aromatic carboxylic acids is 1. The number of aromatic nitrogens is 2. The van der Waals surface area contributed by atoms with Crippen LogP contribution in [-0.4, -0.2) is 20.6 Å². The third-order valence-electron chi connectivity index (χ3n) is 3.74. The van der Waals surface area contributed by atoms with Crippen LogP contribution < -0.4 is 5.69 Å². The SMILES string of the molecule is CC1(C)CC1n1c(=O)[nH]c2ccc(C(=O)O)cc21. The fourth-order valence-electron chi connectivity index (χ4n) is 2.44. The Balaban J connectivity index is 2.24. The number of benzene rings is 1. The molecule has 5 heteroatoms. The van der Waals surface area contributed by atoms with Crippen LogP contribution in [0.4, 0.5) is 0 Å². The van der Waals surface area contributed by atoms with Crippen LogP contribution in [0.15, 0.2) is 23.0 Å². The van der Waals surface area contributed by atoms with E-state index >= 15 is 0 Å². The number of nitrogens with one attached hydrogen (secondary N) is 1. The van der Waals surface area contributed by atoms with E-state index in [9.17, 15) is 9.59 Å². The molecule has 1 aromatic carbocycles. The molecule has 94 valence electrons. The second-order valence-electron chi connectivity index (χ2n) is 5.55. The summed E-state index contributed by atoms with van der Waals surface area (Å²) in [6.07, 6.45) is 0.942. The van der Waals surface area contributed by atoms with Crippen LogP contribution in [0.2, 0.25) is 0 Å². The van der Waals surface area contributed by atoms with Gasteiger partial charge in [-0.25, -0.2) is 9.59 Å². The first-order valence-corrected chi connectivity index (χ1v) is 5.88. The molecule has 2 aromatic rings. The van der Waals surface area contributed by atoms with Crippen molar-refractivity contribution in [3.63, 3.8) is 0 Å². The van der Waals surface area contributed by atoms with Gasteiger partial charge in [0.15, 0.2) is 0 Å². The molecule has 1 fully saturated rings. The number of carboxylic acids is 1. The van der Waals surface area contributed by atoms with Gasteiger partial charge in [0.25, 0.3) is 0 Å². The molecule has 2 N–H and O–H groups in total. The van der Waals surface area contributed by atoms with Crippen molar-refractivity contribution in [1.82, 2.24) is 9.55 Å². The Hall–Kier alpha value is -2.04. The van der Waals surface area contributed by atoms with Crippen molar-refractivity contribution >= 4 is 17.0 Å². The highest BCUT2D eigenvalue weighted by Crippen LogP contribution is 2.55. The van der Waals surface area contributed by atoms with E-state index in [-0.39, 0.29) is 22.7 Å². The molecule has 0 amide bonds. The maximum absolute atomic E-state index is 11.9. The van der Waals surface area contributed by atoms with E-state index in [0.717, 1.165) is 6.42 Å². The first-order chi connectivity index (χ1) is 8.40. The summed E-state index contributed by atoms with van der Waals surface area (Å²) in [6.45, 7) is 4.20. The Morgan fingerprint density at radius 3 is 2.72 bits per heavy atom. The second-order valence-corrected chi connectivity index (χ2v) is 5.55. The summed E-state index contributed by atoms with van der Waals surface area (Å²) in [5.74, 6) is -0.979. The van der Waals surface area contributed by atoms with E-state index in [1.807, 2.05) is 0 Å². The van der Waals surface area contributed by atoms with Gasteiger partial charge in [-0.1, -0.05) is 13.8 Å². The molecule has 0 spiro atoms. The lowest BCUT2D eigenvalue weighted by Gasteiger charge is -2.05. The van der Waals surface area contributed by atoms with Crippen molar-refractivity contribution in [3.8, 4) is 0 Å². The van der Waals surface area contributed by atoms with Crippen molar-refractivity contribution < 1.29 is 9.90 Å². The Labute approximate surface area is 103 Å². The van der Waals surface area contributed by atoms with E-state index in [1.54, 1.807) is 16.7 Å². The predicted molar refractivity (Wildman–Crippen MR) is 67.0 cm³/mol. The Bertz CT molecular complexity index is 709. The Kier molecular flexibility index (Phi) is 2.00. The average Bonchev–Trinajstić information content (AvgIpc) is 2.77. The summed E-state index contributed by atoms with van der Waals surface area (Å²) in [5.41, 5.74) is 1.51. The minimum atomic E-state index is -0.979. The van der Waals surface area contributed by atoms with Crippen LogP contribution in [0.5, 0.6) is 0 Å². The summed E-state index contributed by atoms with van der Waals surface area (Å²) in [7, 11) is 0. The number of nitrogens with zero attached hydrogens (tertiary/aromatic N) is 1. The van der Waals surface area contributed by atoms with E-state index in [2.05, 4.69) is 18.8 Å². The highest BCUT2D eigenvalue weighted by atomic mass is 16.4. The average molecular weight is 246 g/mol. The first kappa shape index (κ1) is 11.1. The molecule has 0 aliphatic heterocycles. The van der Waals surface area contributed by atoms with Crippen molar-refractivity contribution in [2.45, 2.75) is 26.3 Å². The molecular formula is C13H14N2O3. The highest BCUT2D eigenvalue weighted by molar-refractivity contribution is 5.92. The monoisotopic (exact) mass is 246 g/mol. The molecule has 1 aliphatic carbocycles. The number of hydrogen-bond donors (Lipinski definition) is 2. The van der Waals surface area contributed by atoms with Crippen LogP contribution in [-0.2, 0) is 0 Å². The van der Waals surface area contributed by atoms with Crippen molar-refractivity contribution in [2.75, 3.05) is 0 Å². The number of H-pyrrole nitrogens is 1. The van der Waals surface area contributed by atoms with Gasteiger partial charge in [0.05, 0.1) is 16.6 Å². The molecule has 3 rings (SSSR count). The van der Waals surface area contributed by atoms with Gasteiger partial charge in [0, 0.05) is 6.04 Å². The topological polar surface area (TPSA) is 75.1 Å². The molecule has 1 heterocycles. The van der Waals surface area contributed by atoms with Crippen LogP contribution in [0.25, 0.3) is 11.0 Å². The van der Waals surface area contributed by atoms with E-state index < -0.39 is 5.97 Å². The minimum absolute atomic E-state index is 0.109. The zero-order valence-electron chi connectivity index (χ0n) is 10.2. The summed E-state index contributed by atoms with van der Waals surface area (Å²) in [6, 6.07) is 4.86. The van der Waals surface area contributed by atoms with Crippen LogP contribution in [0.3, 0.4) is 0 Å². The lowest BCUT2D eigenvalue weighted by molar-refractivity contribution is 0.0697.